The molecule has 1 unspecified atom stereocenters. The third-order valence-electron chi connectivity index (χ3n) is 9.12. The number of pyridine rings is 1. The van der Waals surface area contributed by atoms with Gasteiger partial charge in [0.25, 0.3) is 5.91 Å². The van der Waals surface area contributed by atoms with Gasteiger partial charge >= 0.3 is 6.18 Å². The Morgan fingerprint density at radius 3 is 2.35 bits per heavy atom. The fourth-order valence-corrected chi connectivity index (χ4v) is 5.64. The van der Waals surface area contributed by atoms with Gasteiger partial charge in [-0.3, -0.25) is 9.59 Å². The number of hydrogen-bond donors (Lipinski definition) is 3. The van der Waals surface area contributed by atoms with E-state index in [1.807, 2.05) is 0 Å². The number of amides is 2. The Labute approximate surface area is 277 Å². The van der Waals surface area contributed by atoms with Crippen molar-refractivity contribution in [1.82, 2.24) is 20.3 Å². The van der Waals surface area contributed by atoms with Crippen molar-refractivity contribution in [2.75, 3.05) is 13.2 Å². The predicted octanol–water partition coefficient (Wildman–Crippen LogP) is 5.08. The van der Waals surface area contributed by atoms with E-state index in [-0.39, 0.29) is 40.8 Å². The molecule has 2 fully saturated rings. The average molecular weight is 678 g/mol. The van der Waals surface area contributed by atoms with Gasteiger partial charge in [-0.1, -0.05) is 0 Å². The number of alkyl halides is 3. The second kappa shape index (κ2) is 11.8. The van der Waals surface area contributed by atoms with Crippen LogP contribution >= 0.6 is 0 Å². The topological polar surface area (TPSA) is 150 Å². The van der Waals surface area contributed by atoms with Crippen LogP contribution in [0.25, 0.3) is 22.4 Å². The molecule has 2 saturated carbocycles. The molecule has 2 aromatic heterocycles. The zero-order chi connectivity index (χ0) is 34.7. The Morgan fingerprint density at radius 1 is 1.04 bits per heavy atom. The molecule has 14 heteroatoms. The number of rotatable bonds is 10. The molecular formula is C35H31F4N5O5. The molecule has 4 N–H and O–H groups in total. The summed E-state index contributed by atoms with van der Waals surface area (Å²) in [6.45, 7) is -0.241. The van der Waals surface area contributed by atoms with Crippen molar-refractivity contribution in [2.24, 2.45) is 5.73 Å². The summed E-state index contributed by atoms with van der Waals surface area (Å²) in [6.07, 6.45) is 1.69. The lowest BCUT2D eigenvalue weighted by Gasteiger charge is -2.31. The van der Waals surface area contributed by atoms with E-state index in [0.717, 1.165) is 49.7 Å². The first-order valence-corrected chi connectivity index (χ1v) is 15.7. The van der Waals surface area contributed by atoms with Crippen LogP contribution < -0.4 is 20.5 Å². The number of ether oxygens (including phenoxy) is 2. The van der Waals surface area contributed by atoms with Crippen molar-refractivity contribution >= 4 is 11.8 Å². The Hall–Kier alpha value is -5.11. The van der Waals surface area contributed by atoms with E-state index in [9.17, 15) is 32.3 Å². The number of nitrogens with two attached hydrogens (primary N) is 1. The van der Waals surface area contributed by atoms with Crippen LogP contribution in [0.15, 0.2) is 60.9 Å². The van der Waals surface area contributed by atoms with Crippen molar-refractivity contribution in [3.05, 3.63) is 89.4 Å². The highest BCUT2D eigenvalue weighted by atomic mass is 19.4. The highest BCUT2D eigenvalue weighted by Crippen LogP contribution is 2.48. The van der Waals surface area contributed by atoms with Crippen LogP contribution in [-0.2, 0) is 15.8 Å². The summed E-state index contributed by atoms with van der Waals surface area (Å²) in [7, 11) is 0. The van der Waals surface area contributed by atoms with E-state index < -0.39 is 47.1 Å². The number of carbonyl (C=O) groups is 2. The fourth-order valence-electron chi connectivity index (χ4n) is 5.64. The molecule has 0 radical (unpaired) electrons. The van der Waals surface area contributed by atoms with Gasteiger partial charge in [-0.15, -0.1) is 0 Å². The molecule has 2 aromatic carbocycles. The first kappa shape index (κ1) is 32.4. The minimum atomic E-state index is -5.36. The number of primary amides is 1. The molecule has 0 saturated heterocycles. The number of benzene rings is 2. The number of nitrogens with zero attached hydrogens (tertiary/aromatic N) is 3. The fraction of sp³-hybridized carbons (Fsp3) is 0.343. The number of fused-ring (bicyclic) bond motifs is 1. The van der Waals surface area contributed by atoms with Crippen LogP contribution in [0.4, 0.5) is 17.6 Å². The van der Waals surface area contributed by atoms with E-state index >= 15 is 0 Å². The largest absolute Gasteiger partial charge is 0.490 e. The molecule has 49 heavy (non-hydrogen) atoms. The number of aliphatic hydroxyl groups is 1. The molecule has 0 spiro atoms. The van der Waals surface area contributed by atoms with Gasteiger partial charge in [0.1, 0.15) is 40.9 Å². The van der Waals surface area contributed by atoms with Gasteiger partial charge in [-0.2, -0.15) is 13.2 Å². The van der Waals surface area contributed by atoms with Crippen LogP contribution in [0.2, 0.25) is 0 Å². The predicted molar refractivity (Wildman–Crippen MR) is 167 cm³/mol. The van der Waals surface area contributed by atoms with Crippen LogP contribution in [0, 0.1) is 5.82 Å². The quantitative estimate of drug-likeness (QED) is 0.197. The van der Waals surface area contributed by atoms with Gasteiger partial charge in [0.2, 0.25) is 11.5 Å². The molecule has 3 aliphatic rings. The van der Waals surface area contributed by atoms with Crippen molar-refractivity contribution in [3.63, 3.8) is 0 Å². The Balaban J connectivity index is 1.23. The van der Waals surface area contributed by atoms with Crippen LogP contribution in [0.3, 0.4) is 0 Å². The number of nitrogens with one attached hydrogen (secondary N) is 1. The van der Waals surface area contributed by atoms with Crippen LogP contribution in [-0.4, -0.2) is 57.3 Å². The van der Waals surface area contributed by atoms with E-state index in [0.29, 0.717) is 22.8 Å². The zero-order valence-electron chi connectivity index (χ0n) is 26.2. The molecule has 3 heterocycles. The minimum Gasteiger partial charge on any atom is -0.490 e. The Kier molecular flexibility index (Phi) is 7.81. The van der Waals surface area contributed by atoms with Gasteiger partial charge in [-0.05, 0) is 81.1 Å². The lowest BCUT2D eigenvalue weighted by molar-refractivity contribution is -0.265. The molecule has 10 nitrogen and oxygen atoms in total. The van der Waals surface area contributed by atoms with E-state index in [2.05, 4.69) is 20.3 Å². The summed E-state index contributed by atoms with van der Waals surface area (Å²) in [4.78, 5) is 38.9. The van der Waals surface area contributed by atoms with Crippen molar-refractivity contribution in [3.8, 4) is 33.9 Å². The van der Waals surface area contributed by atoms with Gasteiger partial charge in [-0.25, -0.2) is 19.3 Å². The first-order chi connectivity index (χ1) is 23.3. The molecule has 4 aromatic rings. The van der Waals surface area contributed by atoms with Gasteiger partial charge in [0, 0.05) is 46.1 Å². The highest BCUT2D eigenvalue weighted by molar-refractivity contribution is 5.96. The zero-order valence-corrected chi connectivity index (χ0v) is 26.2. The lowest BCUT2D eigenvalue weighted by Crippen LogP contribution is -2.51. The number of carbonyl (C=O) groups excluding carboxylic acids is 2. The normalized spacial score (nSPS) is 19.8. The molecule has 1 aliphatic heterocycles. The smallest absolute Gasteiger partial charge is 0.424 e. The van der Waals surface area contributed by atoms with Crippen LogP contribution in [0.1, 0.15) is 66.0 Å². The molecule has 7 rings (SSSR count). The summed E-state index contributed by atoms with van der Waals surface area (Å²) < 4.78 is 70.0. The second-order valence-corrected chi connectivity index (χ2v) is 12.9. The molecule has 2 amide bonds. The average Bonchev–Trinajstić information content (AvgIpc) is 4.02. The molecule has 2 aliphatic carbocycles. The summed E-state index contributed by atoms with van der Waals surface area (Å²) in [5.74, 6) is -0.905. The van der Waals surface area contributed by atoms with Crippen molar-refractivity contribution in [1.29, 1.82) is 0 Å². The Morgan fingerprint density at radius 2 is 1.73 bits per heavy atom. The SMILES string of the molecule is C[C@]1(C(N)=O)COc2c1cc(C(O)(CNC(=O)c1ccc(OC3CC3)c(-c3cnc(C4CC4)nc3)c1)C(F)(F)F)nc2-c1ccc(F)cc1. The van der Waals surface area contributed by atoms with Crippen molar-refractivity contribution in [2.45, 2.75) is 61.8 Å². The van der Waals surface area contributed by atoms with Crippen molar-refractivity contribution < 1.29 is 41.7 Å². The van der Waals surface area contributed by atoms with Gasteiger partial charge in [0.05, 0.1) is 18.3 Å². The highest BCUT2D eigenvalue weighted by Gasteiger charge is 2.57. The summed E-state index contributed by atoms with van der Waals surface area (Å²) >= 11 is 0. The van der Waals surface area contributed by atoms with E-state index in [1.54, 1.807) is 18.5 Å². The maximum absolute atomic E-state index is 14.8. The molecule has 2 atom stereocenters. The van der Waals surface area contributed by atoms with E-state index in [1.165, 1.54) is 31.2 Å². The molecule has 0 bridgehead atoms. The van der Waals surface area contributed by atoms with Gasteiger partial charge < -0.3 is 25.6 Å². The molecule has 254 valence electrons. The first-order valence-electron chi connectivity index (χ1n) is 15.7. The minimum absolute atomic E-state index is 0.00226. The van der Waals surface area contributed by atoms with Crippen LogP contribution in [0.5, 0.6) is 11.5 Å². The Bertz CT molecular complexity index is 1950. The summed E-state index contributed by atoms with van der Waals surface area (Å²) in [5.41, 5.74) is 0.417. The van der Waals surface area contributed by atoms with E-state index in [4.69, 9.17) is 15.2 Å². The van der Waals surface area contributed by atoms with Gasteiger partial charge in [0.15, 0.2) is 0 Å². The summed E-state index contributed by atoms with van der Waals surface area (Å²) in [6, 6.07) is 10.1. The maximum atomic E-state index is 14.8. The third kappa shape index (κ3) is 6.05. The second-order valence-electron chi connectivity index (χ2n) is 12.9. The molecular weight excluding hydrogens is 646 g/mol. The number of hydrogen-bond acceptors (Lipinski definition) is 8. The maximum Gasteiger partial charge on any atom is 0.424 e. The third-order valence-corrected chi connectivity index (χ3v) is 9.12. The number of halogens is 4. The number of aromatic nitrogens is 3. The summed E-state index contributed by atoms with van der Waals surface area (Å²) in [5, 5.41) is 13.6. The monoisotopic (exact) mass is 677 g/mol. The lowest BCUT2D eigenvalue weighted by atomic mass is 9.81. The standard InChI is InChI=1S/C35H31F4N5O5/c1-33(32(40)46)17-48-29-25(33)13-27(44-28(29)18-4-7-22(36)8-5-18)34(47,35(37,38)39)16-43-31(45)20-6-11-26(49-23-9-10-23)24(12-20)21-14-41-30(42-15-21)19-2-3-19/h4-8,11-15,19,23,47H,2-3,9-10,16-17H2,1H3,(H2,40,46)(H,43,45)/t33-,34?/m0/s1.